The molecule has 0 fully saturated rings. The third-order valence-corrected chi connectivity index (χ3v) is 4.41. The summed E-state index contributed by atoms with van der Waals surface area (Å²) in [6.07, 6.45) is 7.55. The first-order chi connectivity index (χ1) is 6.17. The summed E-state index contributed by atoms with van der Waals surface area (Å²) in [5.41, 5.74) is 0. The van der Waals surface area contributed by atoms with Crippen molar-refractivity contribution in [2.24, 2.45) is 0 Å². The maximum Gasteiger partial charge on any atom is 0.174 e. The zero-order valence-electron chi connectivity index (χ0n) is 8.25. The summed E-state index contributed by atoms with van der Waals surface area (Å²) in [4.78, 5) is 0.701. The second-order valence-corrected chi connectivity index (χ2v) is 5.75. The Morgan fingerprint density at radius 2 is 2.15 bits per heavy atom. The molecule has 0 aromatic carbocycles. The highest BCUT2D eigenvalue weighted by molar-refractivity contribution is 7.95. The summed E-state index contributed by atoms with van der Waals surface area (Å²) in [5, 5.41) is 0. The van der Waals surface area contributed by atoms with E-state index in [1.165, 1.54) is 0 Å². The molecule has 2 nitrogen and oxygen atoms in total. The van der Waals surface area contributed by atoms with Crippen LogP contribution in [0.5, 0.6) is 0 Å². The Labute approximate surface area is 81.0 Å². The fourth-order valence-corrected chi connectivity index (χ4v) is 3.31. The van der Waals surface area contributed by atoms with Gasteiger partial charge in [0.2, 0.25) is 0 Å². The molecule has 0 aromatic rings. The van der Waals surface area contributed by atoms with Gasteiger partial charge in [0.1, 0.15) is 0 Å². The van der Waals surface area contributed by atoms with Crippen molar-refractivity contribution in [3.05, 3.63) is 11.0 Å². The molecule has 0 bridgehead atoms. The second kappa shape index (κ2) is 4.80. The lowest BCUT2D eigenvalue weighted by Gasteiger charge is -2.12. The van der Waals surface area contributed by atoms with Gasteiger partial charge in [-0.1, -0.05) is 19.4 Å². The van der Waals surface area contributed by atoms with Gasteiger partial charge in [0.05, 0.1) is 5.75 Å². The van der Waals surface area contributed by atoms with E-state index >= 15 is 0 Å². The molecule has 0 unspecified atom stereocenters. The Balaban J connectivity index is 2.62. The third-order valence-electron chi connectivity index (χ3n) is 2.42. The predicted molar refractivity (Wildman–Crippen MR) is 55.2 cm³/mol. The molecule has 0 aliphatic heterocycles. The Morgan fingerprint density at radius 1 is 1.38 bits per heavy atom. The molecule has 0 atom stereocenters. The van der Waals surface area contributed by atoms with Gasteiger partial charge in [0.15, 0.2) is 9.84 Å². The van der Waals surface area contributed by atoms with Gasteiger partial charge < -0.3 is 0 Å². The normalized spacial score (nSPS) is 18.4. The van der Waals surface area contributed by atoms with Gasteiger partial charge in [0.25, 0.3) is 0 Å². The predicted octanol–water partition coefficient (Wildman–Crippen LogP) is 2.66. The number of hydrogen-bond donors (Lipinski definition) is 0. The molecule has 0 saturated carbocycles. The number of hydrogen-bond acceptors (Lipinski definition) is 2. The van der Waals surface area contributed by atoms with Gasteiger partial charge in [0, 0.05) is 4.91 Å². The smallest absolute Gasteiger partial charge is 0.174 e. The standard InChI is InChI=1S/C10H18O2S/c1-2-3-9-13(11,12)10-7-5-4-6-8-10/h7H,2-6,8-9H2,1H3. The average Bonchev–Trinajstić information content (AvgIpc) is 2.16. The van der Waals surface area contributed by atoms with Gasteiger partial charge in [-0.05, 0) is 32.1 Å². The molecule has 0 radical (unpaired) electrons. The Kier molecular flexibility index (Phi) is 3.97. The molecule has 0 N–H and O–H groups in total. The zero-order valence-corrected chi connectivity index (χ0v) is 9.07. The van der Waals surface area contributed by atoms with E-state index in [1.54, 1.807) is 0 Å². The van der Waals surface area contributed by atoms with Crippen molar-refractivity contribution in [2.75, 3.05) is 5.75 Å². The van der Waals surface area contributed by atoms with Crippen molar-refractivity contribution in [1.29, 1.82) is 0 Å². The molecule has 1 rings (SSSR count). The quantitative estimate of drug-likeness (QED) is 0.702. The lowest BCUT2D eigenvalue weighted by atomic mass is 10.1. The molecule has 0 amide bonds. The average molecular weight is 202 g/mol. The topological polar surface area (TPSA) is 34.1 Å². The monoisotopic (exact) mass is 202 g/mol. The molecule has 1 aliphatic carbocycles. The van der Waals surface area contributed by atoms with Gasteiger partial charge in [-0.3, -0.25) is 0 Å². The van der Waals surface area contributed by atoms with Crippen molar-refractivity contribution in [3.63, 3.8) is 0 Å². The minimum Gasteiger partial charge on any atom is -0.224 e. The van der Waals surface area contributed by atoms with Gasteiger partial charge >= 0.3 is 0 Å². The minimum atomic E-state index is -2.88. The van der Waals surface area contributed by atoms with Crippen LogP contribution in [0.1, 0.15) is 45.4 Å². The molecular formula is C10H18O2S. The van der Waals surface area contributed by atoms with E-state index in [0.717, 1.165) is 38.5 Å². The first kappa shape index (κ1) is 10.8. The van der Waals surface area contributed by atoms with Crippen molar-refractivity contribution >= 4 is 9.84 Å². The van der Waals surface area contributed by atoms with Crippen LogP contribution in [0.3, 0.4) is 0 Å². The second-order valence-electron chi connectivity index (χ2n) is 3.59. The van der Waals surface area contributed by atoms with Crippen LogP contribution in [0.2, 0.25) is 0 Å². The molecule has 1 aliphatic rings. The van der Waals surface area contributed by atoms with Gasteiger partial charge in [-0.15, -0.1) is 0 Å². The van der Waals surface area contributed by atoms with Gasteiger partial charge in [-0.2, -0.15) is 0 Å². The van der Waals surface area contributed by atoms with Crippen LogP contribution in [0.4, 0.5) is 0 Å². The van der Waals surface area contributed by atoms with E-state index < -0.39 is 9.84 Å². The lowest BCUT2D eigenvalue weighted by Crippen LogP contribution is -2.11. The Bertz CT molecular complexity index is 275. The Hall–Kier alpha value is -0.310. The Morgan fingerprint density at radius 3 is 2.69 bits per heavy atom. The maximum atomic E-state index is 11.7. The largest absolute Gasteiger partial charge is 0.224 e. The summed E-state index contributed by atoms with van der Waals surface area (Å²) in [6, 6.07) is 0. The highest BCUT2D eigenvalue weighted by Gasteiger charge is 2.18. The molecule has 76 valence electrons. The molecule has 0 heterocycles. The van der Waals surface area contributed by atoms with E-state index in [2.05, 4.69) is 0 Å². The van der Waals surface area contributed by atoms with Crippen LogP contribution >= 0.6 is 0 Å². The molecular weight excluding hydrogens is 184 g/mol. The van der Waals surface area contributed by atoms with E-state index in [4.69, 9.17) is 0 Å². The number of allylic oxidation sites excluding steroid dienone is 2. The molecule has 0 aromatic heterocycles. The minimum absolute atomic E-state index is 0.343. The summed E-state index contributed by atoms with van der Waals surface area (Å²) < 4.78 is 23.4. The summed E-state index contributed by atoms with van der Waals surface area (Å²) >= 11 is 0. The zero-order chi connectivity index (χ0) is 9.73. The van der Waals surface area contributed by atoms with E-state index in [9.17, 15) is 8.42 Å². The van der Waals surface area contributed by atoms with Crippen molar-refractivity contribution in [2.45, 2.75) is 45.4 Å². The number of rotatable bonds is 4. The first-order valence-corrected chi connectivity index (χ1v) is 6.74. The third kappa shape index (κ3) is 3.14. The van der Waals surface area contributed by atoms with E-state index in [0.29, 0.717) is 10.7 Å². The van der Waals surface area contributed by atoms with Crippen LogP contribution in [-0.4, -0.2) is 14.2 Å². The highest BCUT2D eigenvalue weighted by Crippen LogP contribution is 2.23. The van der Waals surface area contributed by atoms with Crippen LogP contribution < -0.4 is 0 Å². The van der Waals surface area contributed by atoms with Crippen LogP contribution in [0.15, 0.2) is 11.0 Å². The van der Waals surface area contributed by atoms with Crippen molar-refractivity contribution in [3.8, 4) is 0 Å². The maximum absolute atomic E-state index is 11.7. The fourth-order valence-electron chi connectivity index (χ4n) is 1.56. The summed E-state index contributed by atoms with van der Waals surface area (Å²) in [6.45, 7) is 2.02. The molecule has 0 spiro atoms. The number of sulfone groups is 1. The van der Waals surface area contributed by atoms with Crippen LogP contribution in [0.25, 0.3) is 0 Å². The van der Waals surface area contributed by atoms with Crippen LogP contribution in [-0.2, 0) is 9.84 Å². The fraction of sp³-hybridized carbons (Fsp3) is 0.800. The van der Waals surface area contributed by atoms with Crippen molar-refractivity contribution in [1.82, 2.24) is 0 Å². The molecule has 3 heteroatoms. The number of unbranched alkanes of at least 4 members (excludes halogenated alkanes) is 1. The van der Waals surface area contributed by atoms with E-state index in [1.807, 2.05) is 13.0 Å². The summed E-state index contributed by atoms with van der Waals surface area (Å²) in [5.74, 6) is 0.343. The van der Waals surface area contributed by atoms with Gasteiger partial charge in [-0.25, -0.2) is 8.42 Å². The first-order valence-electron chi connectivity index (χ1n) is 5.08. The lowest BCUT2D eigenvalue weighted by molar-refractivity contribution is 0.592. The SMILES string of the molecule is CCCCS(=O)(=O)C1=CCCCC1. The molecule has 0 saturated heterocycles. The highest BCUT2D eigenvalue weighted by atomic mass is 32.2. The molecule has 13 heavy (non-hydrogen) atoms. The summed E-state index contributed by atoms with van der Waals surface area (Å²) in [7, 11) is -2.88. The van der Waals surface area contributed by atoms with E-state index in [-0.39, 0.29) is 0 Å². The van der Waals surface area contributed by atoms with Crippen LogP contribution in [0, 0.1) is 0 Å². The van der Waals surface area contributed by atoms with Crippen molar-refractivity contribution < 1.29 is 8.42 Å².